The largest absolute Gasteiger partial charge is 0.465 e. The molecule has 96 valence electrons. The summed E-state index contributed by atoms with van der Waals surface area (Å²) in [5, 5.41) is 3.45. The van der Waals surface area contributed by atoms with Gasteiger partial charge in [-0.05, 0) is 45.4 Å². The molecule has 1 aromatic heterocycles. The molecule has 0 bridgehead atoms. The second-order valence-electron chi connectivity index (χ2n) is 5.07. The van der Waals surface area contributed by atoms with Crippen LogP contribution in [0, 0.1) is 6.92 Å². The van der Waals surface area contributed by atoms with Gasteiger partial charge < -0.3 is 9.73 Å². The first kappa shape index (κ1) is 12.7. The summed E-state index contributed by atoms with van der Waals surface area (Å²) in [5.74, 6) is 2.03. The van der Waals surface area contributed by atoms with Crippen LogP contribution in [0.2, 0.25) is 0 Å². The maximum atomic E-state index is 5.52. The van der Waals surface area contributed by atoms with Gasteiger partial charge in [0.15, 0.2) is 0 Å². The van der Waals surface area contributed by atoms with E-state index in [0.717, 1.165) is 37.2 Å². The lowest BCUT2D eigenvalue weighted by Crippen LogP contribution is -2.41. The minimum Gasteiger partial charge on any atom is -0.465 e. The Kier molecular flexibility index (Phi) is 4.63. The quantitative estimate of drug-likeness (QED) is 0.796. The van der Waals surface area contributed by atoms with E-state index < -0.39 is 0 Å². The molecule has 1 N–H and O–H groups in total. The number of nitrogens with one attached hydrogen (secondary N) is 1. The standard InChI is InChI=1S/C14H24N2O/c1-12-5-3-4-9-16(12)10-8-15-11-14-7-6-13(2)17-14/h6-7,12,15H,3-5,8-11H2,1-2H3. The van der Waals surface area contributed by atoms with Crippen molar-refractivity contribution in [3.63, 3.8) is 0 Å². The third-order valence-electron chi connectivity index (χ3n) is 3.61. The van der Waals surface area contributed by atoms with E-state index in [0.29, 0.717) is 0 Å². The first-order valence-electron chi connectivity index (χ1n) is 6.76. The van der Waals surface area contributed by atoms with Crippen LogP contribution < -0.4 is 5.32 Å². The average molecular weight is 236 g/mol. The molecule has 17 heavy (non-hydrogen) atoms. The van der Waals surface area contributed by atoms with E-state index in [9.17, 15) is 0 Å². The van der Waals surface area contributed by atoms with Crippen molar-refractivity contribution in [1.82, 2.24) is 10.2 Å². The van der Waals surface area contributed by atoms with Gasteiger partial charge in [-0.15, -0.1) is 0 Å². The Morgan fingerprint density at radius 3 is 3.00 bits per heavy atom. The van der Waals surface area contributed by atoms with Crippen molar-refractivity contribution >= 4 is 0 Å². The normalized spacial score (nSPS) is 21.9. The number of piperidine rings is 1. The summed E-state index contributed by atoms with van der Waals surface area (Å²) in [4.78, 5) is 2.59. The Labute approximate surface area is 104 Å². The topological polar surface area (TPSA) is 28.4 Å². The molecule has 2 rings (SSSR count). The Bertz CT molecular complexity index is 335. The monoisotopic (exact) mass is 236 g/mol. The van der Waals surface area contributed by atoms with Gasteiger partial charge in [0.1, 0.15) is 11.5 Å². The van der Waals surface area contributed by atoms with Crippen LogP contribution in [-0.4, -0.2) is 30.6 Å². The van der Waals surface area contributed by atoms with Crippen LogP contribution >= 0.6 is 0 Å². The van der Waals surface area contributed by atoms with Crippen LogP contribution in [0.4, 0.5) is 0 Å². The van der Waals surface area contributed by atoms with E-state index in [2.05, 4.69) is 17.1 Å². The number of nitrogens with zero attached hydrogens (tertiary/aromatic N) is 1. The molecular weight excluding hydrogens is 212 g/mol. The summed E-state index contributed by atoms with van der Waals surface area (Å²) in [5.41, 5.74) is 0. The molecule has 1 atom stereocenters. The van der Waals surface area contributed by atoms with Gasteiger partial charge in [0, 0.05) is 19.1 Å². The molecule has 1 aliphatic heterocycles. The van der Waals surface area contributed by atoms with Crippen molar-refractivity contribution in [3.05, 3.63) is 23.7 Å². The van der Waals surface area contributed by atoms with Crippen LogP contribution in [0.1, 0.15) is 37.7 Å². The molecule has 0 aromatic carbocycles. The molecule has 1 saturated heterocycles. The summed E-state index contributed by atoms with van der Waals surface area (Å²) in [7, 11) is 0. The summed E-state index contributed by atoms with van der Waals surface area (Å²) in [6.07, 6.45) is 4.12. The van der Waals surface area contributed by atoms with Crippen molar-refractivity contribution < 1.29 is 4.42 Å². The zero-order valence-electron chi connectivity index (χ0n) is 11.0. The minimum atomic E-state index is 0.761. The van der Waals surface area contributed by atoms with Crippen LogP contribution in [0.15, 0.2) is 16.5 Å². The third kappa shape index (κ3) is 3.86. The molecule has 1 aliphatic rings. The summed E-state index contributed by atoms with van der Waals surface area (Å²) in [6.45, 7) is 8.64. The van der Waals surface area contributed by atoms with Gasteiger partial charge in [-0.3, -0.25) is 4.90 Å². The first-order valence-corrected chi connectivity index (χ1v) is 6.76. The van der Waals surface area contributed by atoms with Crippen LogP contribution in [0.25, 0.3) is 0 Å². The van der Waals surface area contributed by atoms with E-state index in [4.69, 9.17) is 4.42 Å². The van der Waals surface area contributed by atoms with Gasteiger partial charge in [-0.2, -0.15) is 0 Å². The number of aryl methyl sites for hydroxylation is 1. The Hall–Kier alpha value is -0.800. The van der Waals surface area contributed by atoms with Crippen LogP contribution in [0.3, 0.4) is 0 Å². The lowest BCUT2D eigenvalue weighted by atomic mass is 10.0. The number of hydrogen-bond donors (Lipinski definition) is 1. The smallest absolute Gasteiger partial charge is 0.117 e. The fourth-order valence-electron chi connectivity index (χ4n) is 2.50. The summed E-state index contributed by atoms with van der Waals surface area (Å²) >= 11 is 0. The van der Waals surface area contributed by atoms with Crippen molar-refractivity contribution in [2.24, 2.45) is 0 Å². The Balaban J connectivity index is 1.62. The van der Waals surface area contributed by atoms with Crippen molar-refractivity contribution in [1.29, 1.82) is 0 Å². The van der Waals surface area contributed by atoms with Crippen molar-refractivity contribution in [3.8, 4) is 0 Å². The summed E-state index contributed by atoms with van der Waals surface area (Å²) in [6, 6.07) is 4.83. The maximum Gasteiger partial charge on any atom is 0.117 e. The number of likely N-dealkylation sites (tertiary alicyclic amines) is 1. The highest BCUT2D eigenvalue weighted by Crippen LogP contribution is 2.15. The van der Waals surface area contributed by atoms with Crippen molar-refractivity contribution in [2.75, 3.05) is 19.6 Å². The fraction of sp³-hybridized carbons (Fsp3) is 0.714. The molecule has 3 heteroatoms. The highest BCUT2D eigenvalue weighted by atomic mass is 16.3. The second-order valence-corrected chi connectivity index (χ2v) is 5.07. The fourth-order valence-corrected chi connectivity index (χ4v) is 2.50. The van der Waals surface area contributed by atoms with Crippen LogP contribution in [-0.2, 0) is 6.54 Å². The third-order valence-corrected chi connectivity index (χ3v) is 3.61. The maximum absolute atomic E-state index is 5.52. The minimum absolute atomic E-state index is 0.761. The predicted molar refractivity (Wildman–Crippen MR) is 70.0 cm³/mol. The van der Waals surface area contributed by atoms with Crippen LogP contribution in [0.5, 0.6) is 0 Å². The van der Waals surface area contributed by atoms with E-state index in [1.165, 1.54) is 25.8 Å². The summed E-state index contributed by atoms with van der Waals surface area (Å²) < 4.78 is 5.52. The highest BCUT2D eigenvalue weighted by molar-refractivity contribution is 5.05. The Morgan fingerprint density at radius 1 is 1.41 bits per heavy atom. The highest BCUT2D eigenvalue weighted by Gasteiger charge is 2.16. The molecule has 2 heterocycles. The van der Waals surface area contributed by atoms with Gasteiger partial charge in [0.2, 0.25) is 0 Å². The van der Waals surface area contributed by atoms with E-state index in [-0.39, 0.29) is 0 Å². The van der Waals surface area contributed by atoms with Gasteiger partial charge in [-0.1, -0.05) is 6.42 Å². The predicted octanol–water partition coefficient (Wildman–Crippen LogP) is 2.55. The van der Waals surface area contributed by atoms with Gasteiger partial charge in [0.05, 0.1) is 6.54 Å². The van der Waals surface area contributed by atoms with Gasteiger partial charge in [0.25, 0.3) is 0 Å². The molecular formula is C14H24N2O. The molecule has 1 unspecified atom stereocenters. The SMILES string of the molecule is Cc1ccc(CNCCN2CCCCC2C)o1. The lowest BCUT2D eigenvalue weighted by Gasteiger charge is -2.33. The Morgan fingerprint density at radius 2 is 2.29 bits per heavy atom. The zero-order chi connectivity index (χ0) is 12.1. The number of hydrogen-bond acceptors (Lipinski definition) is 3. The van der Waals surface area contributed by atoms with E-state index >= 15 is 0 Å². The lowest BCUT2D eigenvalue weighted by molar-refractivity contribution is 0.161. The first-order chi connectivity index (χ1) is 8.25. The molecule has 0 aliphatic carbocycles. The van der Waals surface area contributed by atoms with Gasteiger partial charge >= 0.3 is 0 Å². The number of rotatable bonds is 5. The van der Waals surface area contributed by atoms with E-state index in [1.807, 2.05) is 19.1 Å². The zero-order valence-corrected chi connectivity index (χ0v) is 11.0. The van der Waals surface area contributed by atoms with Gasteiger partial charge in [-0.25, -0.2) is 0 Å². The second kappa shape index (κ2) is 6.22. The van der Waals surface area contributed by atoms with Crippen molar-refractivity contribution in [2.45, 2.75) is 45.7 Å². The molecule has 0 saturated carbocycles. The average Bonchev–Trinajstić information content (AvgIpc) is 2.73. The van der Waals surface area contributed by atoms with E-state index in [1.54, 1.807) is 0 Å². The molecule has 0 amide bonds. The number of furan rings is 1. The molecule has 3 nitrogen and oxygen atoms in total. The molecule has 0 radical (unpaired) electrons. The molecule has 1 fully saturated rings. The molecule has 0 spiro atoms. The molecule has 1 aromatic rings.